The number of nitrogens with zero attached hydrogens (tertiary/aromatic N) is 2. The van der Waals surface area contributed by atoms with E-state index < -0.39 is 58.2 Å². The van der Waals surface area contributed by atoms with Gasteiger partial charge in [0, 0.05) is 43.9 Å². The summed E-state index contributed by atoms with van der Waals surface area (Å²) in [6.07, 6.45) is -9.08. The van der Waals surface area contributed by atoms with Crippen molar-refractivity contribution in [2.45, 2.75) is 18.8 Å². The molecule has 0 bridgehead atoms. The molecule has 2 N–H and O–H groups in total. The second-order valence-electron chi connectivity index (χ2n) is 11.5. The number of benzene rings is 3. The van der Waals surface area contributed by atoms with Crippen molar-refractivity contribution in [2.24, 2.45) is 0 Å². The normalized spacial score (nSPS) is 16.4. The largest absolute Gasteiger partial charge is 0.492 e. The Morgan fingerprint density at radius 2 is 1.63 bits per heavy atom. The molecule has 2 aliphatic rings. The third-order valence-corrected chi connectivity index (χ3v) is 9.27. The molecule has 0 radical (unpaired) electrons. The van der Waals surface area contributed by atoms with Crippen LogP contribution >= 0.6 is 24.0 Å². The highest BCUT2D eigenvalue weighted by Crippen LogP contribution is 2.42. The number of anilines is 1. The molecule has 0 atom stereocenters. The maximum Gasteiger partial charge on any atom is 0.416 e. The van der Waals surface area contributed by atoms with Crippen LogP contribution in [0.5, 0.6) is 5.75 Å². The van der Waals surface area contributed by atoms with Gasteiger partial charge in [0.05, 0.1) is 34.8 Å². The number of hydrogen-bond donors (Lipinski definition) is 2. The smallest absolute Gasteiger partial charge is 0.416 e. The number of carboxylic acid groups (broad SMARTS) is 1. The predicted octanol–water partition coefficient (Wildman–Crippen LogP) is 7.17. The van der Waals surface area contributed by atoms with Crippen LogP contribution in [0.1, 0.15) is 33.5 Å². The first-order chi connectivity index (χ1) is 24.5. The van der Waals surface area contributed by atoms with Gasteiger partial charge in [-0.15, -0.1) is 0 Å². The molecule has 2 fully saturated rings. The number of carbonyl (C=O) groups excluding carboxylic acids is 2. The number of thiocarbonyl (C=S) groups is 1. The van der Waals surface area contributed by atoms with Crippen LogP contribution in [0.2, 0.25) is 0 Å². The summed E-state index contributed by atoms with van der Waals surface area (Å²) in [6.45, 7) is 2.59. The van der Waals surface area contributed by atoms with E-state index in [2.05, 4.69) is 5.32 Å². The molecule has 5 rings (SSSR count). The molecule has 52 heavy (non-hydrogen) atoms. The predicted molar refractivity (Wildman–Crippen MR) is 181 cm³/mol. The molecule has 0 saturated carbocycles. The van der Waals surface area contributed by atoms with Crippen LogP contribution in [0.15, 0.2) is 59.5 Å². The lowest BCUT2D eigenvalue weighted by atomic mass is 9.96. The SMILES string of the molecule is O=C(CCN1C(=O)/C(=C/c2ccc(OCCN3CCOCC3)c(-c3cc(C(F)(F)F)cc(C(F)(F)F)c3)c2)SC1=S)Nc1ccc(C(=O)O)c(F)c1. The van der Waals surface area contributed by atoms with Gasteiger partial charge >= 0.3 is 18.3 Å². The van der Waals surface area contributed by atoms with Crippen molar-refractivity contribution in [3.63, 3.8) is 0 Å². The third kappa shape index (κ3) is 9.67. The highest BCUT2D eigenvalue weighted by molar-refractivity contribution is 8.26. The Labute approximate surface area is 301 Å². The highest BCUT2D eigenvalue weighted by atomic mass is 32.2. The van der Waals surface area contributed by atoms with E-state index in [1.165, 1.54) is 30.3 Å². The van der Waals surface area contributed by atoms with Crippen molar-refractivity contribution in [1.29, 1.82) is 0 Å². The molecule has 18 heteroatoms. The van der Waals surface area contributed by atoms with E-state index in [-0.39, 0.29) is 57.4 Å². The van der Waals surface area contributed by atoms with Gasteiger partial charge in [-0.2, -0.15) is 26.3 Å². The Morgan fingerprint density at radius 3 is 2.25 bits per heavy atom. The van der Waals surface area contributed by atoms with E-state index in [1.54, 1.807) is 0 Å². The number of halogens is 7. The highest BCUT2D eigenvalue weighted by Gasteiger charge is 2.37. The lowest BCUT2D eigenvalue weighted by Crippen LogP contribution is -2.38. The number of carboxylic acids is 1. The minimum absolute atomic E-state index is 0.00904. The van der Waals surface area contributed by atoms with E-state index in [0.29, 0.717) is 45.0 Å². The molecule has 2 saturated heterocycles. The molecular weight excluding hydrogens is 744 g/mol. The monoisotopic (exact) mass is 771 g/mol. The first-order valence-electron chi connectivity index (χ1n) is 15.4. The van der Waals surface area contributed by atoms with Gasteiger partial charge in [0.2, 0.25) is 5.91 Å². The molecule has 9 nitrogen and oxygen atoms in total. The number of hydrogen-bond acceptors (Lipinski definition) is 8. The summed E-state index contributed by atoms with van der Waals surface area (Å²) in [5.41, 5.74) is -3.84. The van der Waals surface area contributed by atoms with E-state index in [0.717, 1.165) is 28.8 Å². The molecule has 0 aromatic heterocycles. The molecule has 2 amide bonds. The van der Waals surface area contributed by atoms with Gasteiger partial charge in [-0.3, -0.25) is 19.4 Å². The van der Waals surface area contributed by atoms with Crippen molar-refractivity contribution >= 4 is 57.8 Å². The number of aromatic carboxylic acids is 1. The summed E-state index contributed by atoms with van der Waals surface area (Å²) in [4.78, 5) is 40.1. The molecule has 3 aromatic rings. The van der Waals surface area contributed by atoms with Crippen LogP contribution < -0.4 is 10.1 Å². The van der Waals surface area contributed by atoms with Crippen molar-refractivity contribution in [1.82, 2.24) is 9.80 Å². The average Bonchev–Trinajstić information content (AvgIpc) is 3.34. The number of morpholine rings is 1. The molecule has 3 aromatic carbocycles. The second kappa shape index (κ2) is 16.0. The zero-order valence-electron chi connectivity index (χ0n) is 26.8. The molecule has 0 spiro atoms. The Morgan fingerprint density at radius 1 is 0.962 bits per heavy atom. The van der Waals surface area contributed by atoms with Crippen molar-refractivity contribution in [2.75, 3.05) is 51.3 Å². The standard InChI is InChI=1S/C34H28F7N3O6S2/c35-26-18-23(2-3-24(26)31(47)48)42-29(45)5-6-44-30(46)28(52-32(44)51)14-19-1-4-27(50-12-9-43-7-10-49-11-8-43)25(13-19)20-15-21(33(36,37)38)17-22(16-20)34(39,40)41/h1-4,13-18H,5-12H2,(H,42,45)(H,47,48)/b28-14-. The van der Waals surface area contributed by atoms with Gasteiger partial charge < -0.3 is 19.9 Å². The Bertz CT molecular complexity index is 1880. The maximum absolute atomic E-state index is 14.0. The number of alkyl halides is 6. The van der Waals surface area contributed by atoms with Crippen LogP contribution in [0.3, 0.4) is 0 Å². The summed E-state index contributed by atoms with van der Waals surface area (Å²) >= 11 is 6.19. The lowest BCUT2D eigenvalue weighted by Gasteiger charge is -2.26. The van der Waals surface area contributed by atoms with Crippen molar-refractivity contribution < 1.29 is 59.7 Å². The average molecular weight is 772 g/mol. The lowest BCUT2D eigenvalue weighted by molar-refractivity contribution is -0.143. The van der Waals surface area contributed by atoms with Gasteiger partial charge in [0.1, 0.15) is 22.5 Å². The zero-order chi connectivity index (χ0) is 37.8. The summed E-state index contributed by atoms with van der Waals surface area (Å²) in [5.74, 6) is -3.76. The quantitative estimate of drug-likeness (QED) is 0.119. The third-order valence-electron chi connectivity index (χ3n) is 7.89. The first-order valence-corrected chi connectivity index (χ1v) is 16.7. The van der Waals surface area contributed by atoms with Gasteiger partial charge in [-0.05, 0) is 65.7 Å². The van der Waals surface area contributed by atoms with Gasteiger partial charge in [-0.1, -0.05) is 30.0 Å². The fraction of sp³-hybridized carbons (Fsp3) is 0.294. The summed E-state index contributed by atoms with van der Waals surface area (Å²) in [6, 6.07) is 8.45. The van der Waals surface area contributed by atoms with Crippen LogP contribution in [-0.4, -0.2) is 83.0 Å². The maximum atomic E-state index is 14.0. The number of rotatable bonds is 11. The van der Waals surface area contributed by atoms with Crippen molar-refractivity contribution in [3.8, 4) is 16.9 Å². The Balaban J connectivity index is 1.38. The fourth-order valence-corrected chi connectivity index (χ4v) is 6.56. The van der Waals surface area contributed by atoms with E-state index >= 15 is 0 Å². The minimum atomic E-state index is -5.09. The van der Waals surface area contributed by atoms with Crippen molar-refractivity contribution in [3.05, 3.63) is 87.6 Å². The summed E-state index contributed by atoms with van der Waals surface area (Å²) in [7, 11) is 0. The molecule has 0 unspecified atom stereocenters. The number of nitrogens with one attached hydrogen (secondary N) is 1. The van der Waals surface area contributed by atoms with Crippen LogP contribution in [0, 0.1) is 5.82 Å². The Hall–Kier alpha value is -4.52. The number of carbonyl (C=O) groups is 3. The topological polar surface area (TPSA) is 108 Å². The number of amides is 2. The first kappa shape index (κ1) is 38.7. The number of ether oxygens (including phenoxy) is 2. The molecule has 276 valence electrons. The van der Waals surface area contributed by atoms with E-state index in [4.69, 9.17) is 26.8 Å². The number of thioether (sulfide) groups is 1. The zero-order valence-corrected chi connectivity index (χ0v) is 28.4. The fourth-order valence-electron chi connectivity index (χ4n) is 5.26. The second-order valence-corrected chi connectivity index (χ2v) is 13.2. The Kier molecular flexibility index (Phi) is 11.9. The van der Waals surface area contributed by atoms with Gasteiger partial charge in [0.25, 0.3) is 5.91 Å². The van der Waals surface area contributed by atoms with E-state index in [1.807, 2.05) is 4.90 Å². The minimum Gasteiger partial charge on any atom is -0.492 e. The van der Waals surface area contributed by atoms with Crippen LogP contribution in [0.25, 0.3) is 17.2 Å². The summed E-state index contributed by atoms with van der Waals surface area (Å²) in [5, 5.41) is 11.4. The van der Waals surface area contributed by atoms with Crippen LogP contribution in [-0.2, 0) is 26.7 Å². The molecule has 2 heterocycles. The summed E-state index contributed by atoms with van der Waals surface area (Å²) < 4.78 is 108. The van der Waals surface area contributed by atoms with Crippen LogP contribution in [0.4, 0.5) is 36.4 Å². The van der Waals surface area contributed by atoms with E-state index in [9.17, 15) is 45.1 Å². The molecule has 2 aliphatic heterocycles. The molecule has 0 aliphatic carbocycles. The van der Waals surface area contributed by atoms with Gasteiger partial charge in [-0.25, -0.2) is 9.18 Å². The molecular formula is C34H28F7N3O6S2. The van der Waals surface area contributed by atoms with Gasteiger partial charge in [0.15, 0.2) is 0 Å².